The molecule has 2 heterocycles. The Bertz CT molecular complexity index is 1180. The molecule has 0 bridgehead atoms. The third kappa shape index (κ3) is 3.83. The highest BCUT2D eigenvalue weighted by Crippen LogP contribution is 2.44. The number of hydrogen-bond donors (Lipinski definition) is 2. The number of rotatable bonds is 6. The molecule has 2 N–H and O–H groups in total. The highest BCUT2D eigenvalue weighted by Gasteiger charge is 2.60. The van der Waals surface area contributed by atoms with Gasteiger partial charge in [-0.2, -0.15) is 0 Å². The van der Waals surface area contributed by atoms with Crippen molar-refractivity contribution in [2.24, 2.45) is 11.8 Å². The number of carboxylic acid groups (broad SMARTS) is 1. The number of carboxylic acids is 1. The van der Waals surface area contributed by atoms with Crippen LogP contribution in [0.25, 0.3) is 11.1 Å². The number of nitrogens with zero attached hydrogens (tertiary/aromatic N) is 1. The summed E-state index contributed by atoms with van der Waals surface area (Å²) < 4.78 is 0. The molecular formula is C27H24N2O4. The highest BCUT2D eigenvalue weighted by atomic mass is 16.4. The quantitative estimate of drug-likeness (QED) is 0.575. The summed E-state index contributed by atoms with van der Waals surface area (Å²) in [5, 5.41) is 12.8. The molecule has 0 saturated carbocycles. The van der Waals surface area contributed by atoms with E-state index in [1.807, 2.05) is 84.9 Å². The lowest BCUT2D eigenvalue weighted by molar-refractivity contribution is -0.146. The van der Waals surface area contributed by atoms with Gasteiger partial charge < -0.3 is 5.11 Å². The maximum absolute atomic E-state index is 13.3. The summed E-state index contributed by atoms with van der Waals surface area (Å²) in [4.78, 5) is 39.7. The maximum atomic E-state index is 13.3. The van der Waals surface area contributed by atoms with Crippen LogP contribution in [0.15, 0.2) is 84.9 Å². The molecule has 5 rings (SSSR count). The fraction of sp³-hybridized carbons (Fsp3) is 0.222. The summed E-state index contributed by atoms with van der Waals surface area (Å²) in [6.07, 6.45) is 0.541. The Morgan fingerprint density at radius 3 is 2.00 bits per heavy atom. The number of nitrogens with one attached hydrogen (secondary N) is 1. The van der Waals surface area contributed by atoms with Crippen molar-refractivity contribution in [3.05, 3.63) is 96.1 Å². The van der Waals surface area contributed by atoms with Gasteiger partial charge in [0.05, 0.1) is 11.8 Å². The molecule has 2 aliphatic heterocycles. The number of likely N-dealkylation sites (tertiary alicyclic amines) is 1. The van der Waals surface area contributed by atoms with E-state index < -0.39 is 35.8 Å². The van der Waals surface area contributed by atoms with Gasteiger partial charge in [-0.3, -0.25) is 24.6 Å². The fourth-order valence-electron chi connectivity index (χ4n) is 5.02. The highest BCUT2D eigenvalue weighted by molar-refractivity contribution is 6.08. The molecule has 2 fully saturated rings. The minimum absolute atomic E-state index is 0.251. The Morgan fingerprint density at radius 1 is 0.788 bits per heavy atom. The number of fused-ring (bicyclic) bond motifs is 1. The number of amides is 2. The summed E-state index contributed by atoms with van der Waals surface area (Å²) in [6.45, 7) is 0.251. The molecule has 33 heavy (non-hydrogen) atoms. The van der Waals surface area contributed by atoms with Gasteiger partial charge in [0.2, 0.25) is 11.8 Å². The van der Waals surface area contributed by atoms with Crippen molar-refractivity contribution in [1.29, 1.82) is 0 Å². The van der Waals surface area contributed by atoms with Crippen LogP contribution in [0.4, 0.5) is 0 Å². The van der Waals surface area contributed by atoms with Crippen molar-refractivity contribution < 1.29 is 19.5 Å². The molecule has 0 spiro atoms. The van der Waals surface area contributed by atoms with Gasteiger partial charge >= 0.3 is 5.97 Å². The number of imide groups is 1. The van der Waals surface area contributed by atoms with E-state index in [1.165, 1.54) is 4.90 Å². The summed E-state index contributed by atoms with van der Waals surface area (Å²) in [5.41, 5.74) is 3.93. The van der Waals surface area contributed by atoms with Crippen molar-refractivity contribution >= 4 is 17.8 Å². The Hall–Kier alpha value is -3.77. The molecule has 2 aliphatic rings. The Kier molecular flexibility index (Phi) is 5.52. The van der Waals surface area contributed by atoms with Crippen molar-refractivity contribution in [2.75, 3.05) is 6.54 Å². The Balaban J connectivity index is 1.41. The third-order valence-corrected chi connectivity index (χ3v) is 6.68. The van der Waals surface area contributed by atoms with Gasteiger partial charge in [0.15, 0.2) is 0 Å². The van der Waals surface area contributed by atoms with E-state index in [4.69, 9.17) is 0 Å². The van der Waals surface area contributed by atoms with Crippen molar-refractivity contribution in [3.63, 3.8) is 0 Å². The number of benzene rings is 3. The first-order valence-electron chi connectivity index (χ1n) is 11.1. The van der Waals surface area contributed by atoms with E-state index in [0.717, 1.165) is 22.3 Å². The minimum atomic E-state index is -1.11. The van der Waals surface area contributed by atoms with Gasteiger partial charge in [0.25, 0.3) is 0 Å². The number of aliphatic carboxylic acids is 1. The van der Waals surface area contributed by atoms with Crippen LogP contribution in [-0.2, 0) is 20.8 Å². The van der Waals surface area contributed by atoms with Gasteiger partial charge in [-0.1, -0.05) is 84.9 Å². The second-order valence-electron chi connectivity index (χ2n) is 8.56. The molecular weight excluding hydrogens is 416 g/mol. The van der Waals surface area contributed by atoms with E-state index in [2.05, 4.69) is 5.32 Å². The van der Waals surface area contributed by atoms with E-state index in [0.29, 0.717) is 6.42 Å². The molecule has 4 atom stereocenters. The van der Waals surface area contributed by atoms with Crippen LogP contribution in [0.5, 0.6) is 0 Å². The maximum Gasteiger partial charge on any atom is 0.321 e. The second kappa shape index (κ2) is 8.64. The lowest BCUT2D eigenvalue weighted by Crippen LogP contribution is -2.43. The number of hydrogen-bond acceptors (Lipinski definition) is 4. The van der Waals surface area contributed by atoms with E-state index in [-0.39, 0.29) is 12.5 Å². The van der Waals surface area contributed by atoms with E-state index >= 15 is 0 Å². The second-order valence-corrected chi connectivity index (χ2v) is 8.56. The zero-order valence-corrected chi connectivity index (χ0v) is 17.9. The molecule has 2 saturated heterocycles. The summed E-state index contributed by atoms with van der Waals surface area (Å²) in [7, 11) is 0. The molecule has 4 unspecified atom stereocenters. The smallest absolute Gasteiger partial charge is 0.321 e. The van der Waals surface area contributed by atoms with Crippen LogP contribution in [0.3, 0.4) is 0 Å². The normalized spacial score (nSPS) is 24.2. The summed E-state index contributed by atoms with van der Waals surface area (Å²) >= 11 is 0. The predicted octanol–water partition coefficient (Wildman–Crippen LogP) is 3.30. The Morgan fingerprint density at radius 2 is 1.36 bits per heavy atom. The standard InChI is InChI=1S/C27H24N2O4/c30-25-21-22(26(31)29(25)16-15-17-7-3-1-4-8-17)24(27(32)33)28-23(21)20-13-11-19(12-14-20)18-9-5-2-6-10-18/h1-14,21-24,28H,15-16H2,(H,32,33). The molecule has 3 aromatic carbocycles. The number of carbonyl (C=O) groups is 3. The van der Waals surface area contributed by atoms with Gasteiger partial charge in [-0.15, -0.1) is 0 Å². The molecule has 166 valence electrons. The van der Waals surface area contributed by atoms with Crippen LogP contribution >= 0.6 is 0 Å². The molecule has 6 nitrogen and oxygen atoms in total. The van der Waals surface area contributed by atoms with Crippen LogP contribution in [0.1, 0.15) is 17.2 Å². The van der Waals surface area contributed by atoms with Gasteiger partial charge in [-0.25, -0.2) is 0 Å². The van der Waals surface area contributed by atoms with Crippen LogP contribution in [-0.4, -0.2) is 40.4 Å². The predicted molar refractivity (Wildman–Crippen MR) is 123 cm³/mol. The van der Waals surface area contributed by atoms with Crippen LogP contribution in [0.2, 0.25) is 0 Å². The molecule has 0 aliphatic carbocycles. The lowest BCUT2D eigenvalue weighted by Gasteiger charge is -2.21. The van der Waals surface area contributed by atoms with Gasteiger partial charge in [0.1, 0.15) is 6.04 Å². The molecule has 2 amide bonds. The first-order chi connectivity index (χ1) is 16.0. The van der Waals surface area contributed by atoms with Gasteiger partial charge in [-0.05, 0) is 28.7 Å². The third-order valence-electron chi connectivity index (χ3n) is 6.68. The van der Waals surface area contributed by atoms with Crippen LogP contribution in [0, 0.1) is 11.8 Å². The SMILES string of the molecule is O=C(O)C1NC(c2ccc(-c3ccccc3)cc2)C2C(=O)N(CCc3ccccc3)C(=O)C12. The zero-order valence-electron chi connectivity index (χ0n) is 17.9. The van der Waals surface area contributed by atoms with Crippen molar-refractivity contribution in [1.82, 2.24) is 10.2 Å². The van der Waals surface area contributed by atoms with Crippen molar-refractivity contribution in [3.8, 4) is 11.1 Å². The average molecular weight is 440 g/mol. The minimum Gasteiger partial charge on any atom is -0.480 e. The van der Waals surface area contributed by atoms with E-state index in [9.17, 15) is 19.5 Å². The molecule has 0 aromatic heterocycles. The largest absolute Gasteiger partial charge is 0.480 e. The van der Waals surface area contributed by atoms with Crippen molar-refractivity contribution in [2.45, 2.75) is 18.5 Å². The zero-order chi connectivity index (χ0) is 22.9. The first kappa shape index (κ1) is 21.1. The summed E-state index contributed by atoms with van der Waals surface area (Å²) in [5.74, 6) is -3.43. The average Bonchev–Trinajstić information content (AvgIpc) is 3.36. The molecule has 3 aromatic rings. The Labute approximate surface area is 191 Å². The fourth-order valence-corrected chi connectivity index (χ4v) is 5.02. The molecule has 6 heteroatoms. The van der Waals surface area contributed by atoms with Gasteiger partial charge in [0, 0.05) is 12.6 Å². The first-order valence-corrected chi connectivity index (χ1v) is 11.1. The van der Waals surface area contributed by atoms with Crippen LogP contribution < -0.4 is 5.32 Å². The van der Waals surface area contributed by atoms with E-state index in [1.54, 1.807) is 0 Å². The monoisotopic (exact) mass is 440 g/mol. The lowest BCUT2D eigenvalue weighted by atomic mass is 9.86. The number of carbonyl (C=O) groups excluding carboxylic acids is 2. The topological polar surface area (TPSA) is 86.7 Å². The molecule has 0 radical (unpaired) electrons. The summed E-state index contributed by atoms with van der Waals surface area (Å²) in [6, 6.07) is 25.7.